The van der Waals surface area contributed by atoms with E-state index >= 15 is 0 Å². The lowest BCUT2D eigenvalue weighted by molar-refractivity contribution is 0.553. The number of aromatic nitrogens is 3. The first kappa shape index (κ1) is 11.5. The van der Waals surface area contributed by atoms with Gasteiger partial charge in [0.1, 0.15) is 11.6 Å². The molecule has 2 N–H and O–H groups in total. The molecule has 0 saturated heterocycles. The van der Waals surface area contributed by atoms with Crippen molar-refractivity contribution in [2.45, 2.75) is 19.9 Å². The fourth-order valence-corrected chi connectivity index (χ4v) is 1.66. The van der Waals surface area contributed by atoms with Gasteiger partial charge in [0.05, 0.1) is 12.2 Å². The minimum Gasteiger partial charge on any atom is -0.381 e. The van der Waals surface area contributed by atoms with E-state index in [1.54, 1.807) is 0 Å². The average molecular weight is 238 g/mol. The van der Waals surface area contributed by atoms with E-state index in [0.717, 1.165) is 18.2 Å². The van der Waals surface area contributed by atoms with Crippen LogP contribution in [0.2, 0.25) is 0 Å². The summed E-state index contributed by atoms with van der Waals surface area (Å²) in [5, 5.41) is 7.52. The van der Waals surface area contributed by atoms with Crippen LogP contribution in [0.5, 0.6) is 0 Å². The molecule has 2 rings (SSSR count). The lowest BCUT2D eigenvalue weighted by atomic mass is 10.2. The van der Waals surface area contributed by atoms with Crippen LogP contribution in [0.15, 0.2) is 18.2 Å². The predicted octanol–water partition coefficient (Wildman–Crippen LogP) is 1.75. The zero-order valence-electron chi connectivity index (χ0n) is 9.32. The molecule has 0 aliphatic rings. The van der Waals surface area contributed by atoms with Gasteiger partial charge in [-0.2, -0.15) is 0 Å². The molecule has 1 aromatic heterocycles. The van der Waals surface area contributed by atoms with Crippen molar-refractivity contribution < 1.29 is 8.78 Å². The molecule has 0 aliphatic heterocycles. The molecule has 1 heterocycles. The van der Waals surface area contributed by atoms with Crippen LogP contribution in [0.4, 0.5) is 14.6 Å². The highest BCUT2D eigenvalue weighted by Crippen LogP contribution is 2.14. The molecule has 90 valence electrons. The quantitative estimate of drug-likeness (QED) is 0.886. The van der Waals surface area contributed by atoms with Gasteiger partial charge in [0, 0.05) is 5.56 Å². The number of nitrogens with zero attached hydrogens (tertiary/aromatic N) is 3. The van der Waals surface area contributed by atoms with Crippen LogP contribution in [-0.2, 0) is 13.0 Å². The normalized spacial score (nSPS) is 10.8. The van der Waals surface area contributed by atoms with Gasteiger partial charge in [-0.1, -0.05) is 12.1 Å². The Morgan fingerprint density at radius 3 is 2.82 bits per heavy atom. The molecule has 0 fully saturated rings. The number of benzene rings is 1. The van der Waals surface area contributed by atoms with Crippen molar-refractivity contribution in [3.8, 4) is 0 Å². The lowest BCUT2D eigenvalue weighted by Crippen LogP contribution is -2.08. The van der Waals surface area contributed by atoms with Crippen LogP contribution in [0.25, 0.3) is 0 Å². The minimum atomic E-state index is -0.479. The second-order valence-electron chi connectivity index (χ2n) is 3.67. The van der Waals surface area contributed by atoms with Crippen LogP contribution in [0.3, 0.4) is 0 Å². The van der Waals surface area contributed by atoms with Crippen molar-refractivity contribution in [2.24, 2.45) is 0 Å². The largest absolute Gasteiger partial charge is 0.381 e. The maximum atomic E-state index is 13.4. The van der Waals surface area contributed by atoms with E-state index in [1.807, 2.05) is 6.92 Å². The molecule has 4 nitrogen and oxygen atoms in total. The highest BCUT2D eigenvalue weighted by molar-refractivity contribution is 5.33. The first-order valence-corrected chi connectivity index (χ1v) is 5.23. The van der Waals surface area contributed by atoms with Crippen LogP contribution in [-0.4, -0.2) is 15.0 Å². The van der Waals surface area contributed by atoms with Crippen molar-refractivity contribution in [1.29, 1.82) is 0 Å². The first-order valence-electron chi connectivity index (χ1n) is 5.23. The number of anilines is 1. The number of hydrogen-bond donors (Lipinski definition) is 1. The van der Waals surface area contributed by atoms with Gasteiger partial charge in [0.15, 0.2) is 5.82 Å². The Balaban J connectivity index is 2.34. The molecule has 0 unspecified atom stereocenters. The van der Waals surface area contributed by atoms with E-state index in [2.05, 4.69) is 10.3 Å². The number of hydrogen-bond acceptors (Lipinski definition) is 3. The van der Waals surface area contributed by atoms with Crippen LogP contribution < -0.4 is 5.73 Å². The van der Waals surface area contributed by atoms with Gasteiger partial charge in [-0.05, 0) is 24.6 Å². The second kappa shape index (κ2) is 4.48. The minimum absolute atomic E-state index is 0.122. The smallest absolute Gasteiger partial charge is 0.169 e. The van der Waals surface area contributed by atoms with Gasteiger partial charge in [0.25, 0.3) is 0 Å². The SMILES string of the molecule is CCc1c(N)nnn1Cc1cc(F)ccc1F. The summed E-state index contributed by atoms with van der Waals surface area (Å²) in [6, 6.07) is 3.32. The number of halogens is 2. The predicted molar refractivity (Wildman–Crippen MR) is 59.3 cm³/mol. The summed E-state index contributed by atoms with van der Waals surface area (Å²) >= 11 is 0. The van der Waals surface area contributed by atoms with Gasteiger partial charge in [-0.15, -0.1) is 5.10 Å². The molecule has 0 aliphatic carbocycles. The van der Waals surface area contributed by atoms with Crippen LogP contribution >= 0.6 is 0 Å². The molecule has 0 radical (unpaired) electrons. The first-order chi connectivity index (χ1) is 8.11. The molecule has 6 heteroatoms. The zero-order chi connectivity index (χ0) is 12.4. The fourth-order valence-electron chi connectivity index (χ4n) is 1.66. The molecule has 0 atom stereocenters. The van der Waals surface area contributed by atoms with Crippen LogP contribution in [0, 0.1) is 11.6 Å². The Bertz CT molecular complexity index is 536. The molecular weight excluding hydrogens is 226 g/mol. The highest BCUT2D eigenvalue weighted by atomic mass is 19.1. The monoisotopic (exact) mass is 238 g/mol. The standard InChI is InChI=1S/C11H12F2N4/c1-2-10-11(14)15-16-17(10)6-7-5-8(12)3-4-9(7)13/h3-5H,2,6,14H2,1H3. The Morgan fingerprint density at radius 1 is 1.35 bits per heavy atom. The number of nitrogens with two attached hydrogens (primary N) is 1. The van der Waals surface area contributed by atoms with Crippen molar-refractivity contribution in [3.05, 3.63) is 41.1 Å². The Labute approximate surface area is 97.0 Å². The van der Waals surface area contributed by atoms with E-state index in [0.29, 0.717) is 17.9 Å². The lowest BCUT2D eigenvalue weighted by Gasteiger charge is -2.06. The Hall–Kier alpha value is -1.98. The summed E-state index contributed by atoms with van der Waals surface area (Å²) in [5.41, 5.74) is 6.55. The maximum absolute atomic E-state index is 13.4. The van der Waals surface area contributed by atoms with Gasteiger partial charge < -0.3 is 5.73 Å². The van der Waals surface area contributed by atoms with Crippen LogP contribution in [0.1, 0.15) is 18.2 Å². The van der Waals surface area contributed by atoms with Gasteiger partial charge in [0.2, 0.25) is 0 Å². The third-order valence-electron chi connectivity index (χ3n) is 2.53. The van der Waals surface area contributed by atoms with E-state index in [4.69, 9.17) is 5.73 Å². The molecule has 2 aromatic rings. The number of nitrogen functional groups attached to an aromatic ring is 1. The summed E-state index contributed by atoms with van der Waals surface area (Å²) in [6.45, 7) is 2.02. The van der Waals surface area contributed by atoms with Gasteiger partial charge in [-0.25, -0.2) is 13.5 Å². The molecule has 0 spiro atoms. The topological polar surface area (TPSA) is 56.7 Å². The molecule has 1 aromatic carbocycles. The fraction of sp³-hybridized carbons (Fsp3) is 0.273. The third kappa shape index (κ3) is 2.25. The summed E-state index contributed by atoms with van der Waals surface area (Å²) in [4.78, 5) is 0. The summed E-state index contributed by atoms with van der Waals surface area (Å²) < 4.78 is 27.9. The zero-order valence-corrected chi connectivity index (χ0v) is 9.32. The molecule has 17 heavy (non-hydrogen) atoms. The molecule has 0 saturated carbocycles. The van der Waals surface area contributed by atoms with Crippen molar-refractivity contribution in [3.63, 3.8) is 0 Å². The summed E-state index contributed by atoms with van der Waals surface area (Å²) in [5.74, 6) is -0.626. The van der Waals surface area contributed by atoms with Crippen molar-refractivity contribution in [1.82, 2.24) is 15.0 Å². The van der Waals surface area contributed by atoms with E-state index in [-0.39, 0.29) is 12.1 Å². The van der Waals surface area contributed by atoms with Crippen molar-refractivity contribution >= 4 is 5.82 Å². The Kier molecular flexibility index (Phi) is 3.03. The second-order valence-corrected chi connectivity index (χ2v) is 3.67. The van der Waals surface area contributed by atoms with E-state index in [1.165, 1.54) is 4.68 Å². The molecule has 0 amide bonds. The molecular formula is C11H12F2N4. The average Bonchev–Trinajstić information content (AvgIpc) is 2.64. The third-order valence-corrected chi connectivity index (χ3v) is 2.53. The van der Waals surface area contributed by atoms with E-state index < -0.39 is 11.6 Å². The highest BCUT2D eigenvalue weighted by Gasteiger charge is 2.11. The van der Waals surface area contributed by atoms with Gasteiger partial charge >= 0.3 is 0 Å². The summed E-state index contributed by atoms with van der Waals surface area (Å²) in [7, 11) is 0. The summed E-state index contributed by atoms with van der Waals surface area (Å²) in [6.07, 6.45) is 0.635. The maximum Gasteiger partial charge on any atom is 0.169 e. The van der Waals surface area contributed by atoms with Crippen molar-refractivity contribution in [2.75, 3.05) is 5.73 Å². The Morgan fingerprint density at radius 2 is 2.12 bits per heavy atom. The van der Waals surface area contributed by atoms with Gasteiger partial charge in [-0.3, -0.25) is 0 Å². The number of rotatable bonds is 3. The van der Waals surface area contributed by atoms with E-state index in [9.17, 15) is 8.78 Å². The molecule has 0 bridgehead atoms.